The predicted molar refractivity (Wildman–Crippen MR) is 53.9 cm³/mol. The zero-order valence-electron chi connectivity index (χ0n) is 7.61. The maximum Gasteiger partial charge on any atom is 0.0404 e. The van der Waals surface area contributed by atoms with Gasteiger partial charge in [0.15, 0.2) is 0 Å². The third-order valence-corrected chi connectivity index (χ3v) is 1.94. The second-order valence-corrected chi connectivity index (χ2v) is 2.87. The Bertz CT molecular complexity index is 246. The van der Waals surface area contributed by atoms with Gasteiger partial charge in [-0.1, -0.05) is 12.1 Å². The van der Waals surface area contributed by atoms with Crippen LogP contribution >= 0.6 is 0 Å². The summed E-state index contributed by atoms with van der Waals surface area (Å²) in [6.45, 7) is 3.68. The topological polar surface area (TPSA) is 50.9 Å². The number of nitrogens with zero attached hydrogens (tertiary/aromatic N) is 1. The molecule has 1 aromatic heterocycles. The molecule has 0 amide bonds. The Morgan fingerprint density at radius 1 is 1.62 bits per heavy atom. The molecule has 0 saturated carbocycles. The van der Waals surface area contributed by atoms with Crippen LogP contribution in [0.1, 0.15) is 12.1 Å². The van der Waals surface area contributed by atoms with Crippen LogP contribution in [0.3, 0.4) is 0 Å². The molecule has 0 aliphatic carbocycles. The van der Waals surface area contributed by atoms with Gasteiger partial charge in [0.05, 0.1) is 0 Å². The van der Waals surface area contributed by atoms with Gasteiger partial charge >= 0.3 is 0 Å². The molecule has 0 aliphatic heterocycles. The van der Waals surface area contributed by atoms with E-state index in [9.17, 15) is 0 Å². The molecule has 13 heavy (non-hydrogen) atoms. The van der Waals surface area contributed by atoms with Gasteiger partial charge in [-0.2, -0.15) is 0 Å². The Balaban J connectivity index is 2.38. The molecular formula is C10H15N3. The molecule has 3 heteroatoms. The van der Waals surface area contributed by atoms with Crippen molar-refractivity contribution in [2.24, 2.45) is 5.84 Å². The maximum atomic E-state index is 5.31. The number of pyridine rings is 1. The summed E-state index contributed by atoms with van der Waals surface area (Å²) in [5.41, 5.74) is 3.76. The molecule has 0 aliphatic rings. The van der Waals surface area contributed by atoms with E-state index in [0.717, 1.165) is 18.5 Å². The fourth-order valence-electron chi connectivity index (χ4n) is 1.12. The number of hydrogen-bond donors (Lipinski definition) is 2. The molecule has 0 spiro atoms. The standard InChI is InChI=1S/C10H15N3/c1-2-9(13-11)6-7-10-5-3-4-8-12-10/h2-5,8-9,13H,1,6-7,11H2. The molecule has 0 fully saturated rings. The summed E-state index contributed by atoms with van der Waals surface area (Å²) in [7, 11) is 0. The van der Waals surface area contributed by atoms with Crippen molar-refractivity contribution in [2.75, 3.05) is 0 Å². The summed E-state index contributed by atoms with van der Waals surface area (Å²) < 4.78 is 0. The van der Waals surface area contributed by atoms with Crippen LogP contribution in [0.25, 0.3) is 0 Å². The molecule has 70 valence electrons. The third-order valence-electron chi connectivity index (χ3n) is 1.94. The zero-order chi connectivity index (χ0) is 9.52. The molecule has 1 unspecified atom stereocenters. The van der Waals surface area contributed by atoms with Gasteiger partial charge in [-0.05, 0) is 25.0 Å². The predicted octanol–water partition coefficient (Wildman–Crippen LogP) is 1.03. The third kappa shape index (κ3) is 3.36. The van der Waals surface area contributed by atoms with E-state index >= 15 is 0 Å². The molecular weight excluding hydrogens is 162 g/mol. The Morgan fingerprint density at radius 3 is 3.00 bits per heavy atom. The van der Waals surface area contributed by atoms with Crippen molar-refractivity contribution >= 4 is 0 Å². The van der Waals surface area contributed by atoms with Crippen molar-refractivity contribution in [3.63, 3.8) is 0 Å². The first-order valence-corrected chi connectivity index (χ1v) is 4.35. The number of rotatable bonds is 5. The Hall–Kier alpha value is -1.19. The van der Waals surface area contributed by atoms with E-state index in [2.05, 4.69) is 17.0 Å². The van der Waals surface area contributed by atoms with Crippen LogP contribution in [0.15, 0.2) is 37.1 Å². The number of nitrogens with two attached hydrogens (primary N) is 1. The van der Waals surface area contributed by atoms with Gasteiger partial charge in [0, 0.05) is 17.9 Å². The van der Waals surface area contributed by atoms with Crippen molar-refractivity contribution in [3.8, 4) is 0 Å². The lowest BCUT2D eigenvalue weighted by Crippen LogP contribution is -2.33. The van der Waals surface area contributed by atoms with Crippen molar-refractivity contribution in [1.29, 1.82) is 0 Å². The fraction of sp³-hybridized carbons (Fsp3) is 0.300. The second kappa shape index (κ2) is 5.45. The Labute approximate surface area is 78.6 Å². The first kappa shape index (κ1) is 9.89. The van der Waals surface area contributed by atoms with Gasteiger partial charge in [-0.15, -0.1) is 6.58 Å². The molecule has 3 N–H and O–H groups in total. The summed E-state index contributed by atoms with van der Waals surface area (Å²) in [4.78, 5) is 4.22. The maximum absolute atomic E-state index is 5.31. The molecule has 0 radical (unpaired) electrons. The van der Waals surface area contributed by atoms with Crippen LogP contribution in [0, 0.1) is 0 Å². The second-order valence-electron chi connectivity index (χ2n) is 2.87. The SMILES string of the molecule is C=CC(CCc1ccccn1)NN. The van der Waals surface area contributed by atoms with Gasteiger partial charge in [-0.25, -0.2) is 0 Å². The number of hydrazine groups is 1. The smallest absolute Gasteiger partial charge is 0.0404 e. The molecule has 0 saturated heterocycles. The van der Waals surface area contributed by atoms with Gasteiger partial charge in [0.1, 0.15) is 0 Å². The summed E-state index contributed by atoms with van der Waals surface area (Å²) in [5.74, 6) is 5.31. The van der Waals surface area contributed by atoms with E-state index in [-0.39, 0.29) is 6.04 Å². The highest BCUT2D eigenvalue weighted by Gasteiger charge is 2.01. The molecule has 1 aromatic rings. The van der Waals surface area contributed by atoms with Crippen molar-refractivity contribution in [1.82, 2.24) is 10.4 Å². The van der Waals surface area contributed by atoms with Gasteiger partial charge < -0.3 is 0 Å². The van der Waals surface area contributed by atoms with Crippen molar-refractivity contribution < 1.29 is 0 Å². The highest BCUT2D eigenvalue weighted by atomic mass is 15.2. The lowest BCUT2D eigenvalue weighted by Gasteiger charge is -2.09. The average molecular weight is 177 g/mol. The first-order valence-electron chi connectivity index (χ1n) is 4.35. The highest BCUT2D eigenvalue weighted by Crippen LogP contribution is 2.01. The van der Waals surface area contributed by atoms with Crippen molar-refractivity contribution in [3.05, 3.63) is 42.7 Å². The van der Waals surface area contributed by atoms with E-state index in [1.165, 1.54) is 0 Å². The normalized spacial score (nSPS) is 12.4. The average Bonchev–Trinajstić information content (AvgIpc) is 2.21. The summed E-state index contributed by atoms with van der Waals surface area (Å²) in [6, 6.07) is 6.08. The lowest BCUT2D eigenvalue weighted by molar-refractivity contribution is 0.574. The van der Waals surface area contributed by atoms with Crippen LogP contribution in [0.2, 0.25) is 0 Å². The van der Waals surface area contributed by atoms with E-state index in [4.69, 9.17) is 5.84 Å². The van der Waals surface area contributed by atoms with E-state index in [1.807, 2.05) is 24.3 Å². The largest absolute Gasteiger partial charge is 0.271 e. The van der Waals surface area contributed by atoms with Gasteiger partial charge in [0.25, 0.3) is 0 Å². The van der Waals surface area contributed by atoms with Gasteiger partial charge in [0.2, 0.25) is 0 Å². The molecule has 1 atom stereocenters. The molecule has 1 rings (SSSR count). The summed E-state index contributed by atoms with van der Waals surface area (Å²) in [5, 5.41) is 0. The molecule has 0 bridgehead atoms. The Kier molecular flexibility index (Phi) is 4.15. The highest BCUT2D eigenvalue weighted by molar-refractivity contribution is 5.04. The van der Waals surface area contributed by atoms with Crippen LogP contribution in [-0.2, 0) is 6.42 Å². The number of aryl methyl sites for hydroxylation is 1. The van der Waals surface area contributed by atoms with E-state index in [0.29, 0.717) is 0 Å². The minimum absolute atomic E-state index is 0.169. The number of hydrogen-bond acceptors (Lipinski definition) is 3. The summed E-state index contributed by atoms with van der Waals surface area (Å²) in [6.07, 6.45) is 5.45. The fourth-order valence-corrected chi connectivity index (χ4v) is 1.12. The quantitative estimate of drug-likeness (QED) is 0.401. The van der Waals surface area contributed by atoms with Crippen molar-refractivity contribution in [2.45, 2.75) is 18.9 Å². The van der Waals surface area contributed by atoms with Crippen LogP contribution in [-0.4, -0.2) is 11.0 Å². The van der Waals surface area contributed by atoms with E-state index < -0.39 is 0 Å². The summed E-state index contributed by atoms with van der Waals surface area (Å²) >= 11 is 0. The molecule has 3 nitrogen and oxygen atoms in total. The number of aromatic nitrogens is 1. The Morgan fingerprint density at radius 2 is 2.46 bits per heavy atom. The first-order chi connectivity index (χ1) is 6.36. The van der Waals surface area contributed by atoms with E-state index in [1.54, 1.807) is 6.20 Å². The van der Waals surface area contributed by atoms with Crippen LogP contribution in [0.4, 0.5) is 0 Å². The minimum Gasteiger partial charge on any atom is -0.271 e. The zero-order valence-corrected chi connectivity index (χ0v) is 7.61. The molecule has 1 heterocycles. The number of nitrogens with one attached hydrogen (secondary N) is 1. The molecule has 0 aromatic carbocycles. The van der Waals surface area contributed by atoms with Crippen LogP contribution in [0.5, 0.6) is 0 Å². The lowest BCUT2D eigenvalue weighted by atomic mass is 10.1. The van der Waals surface area contributed by atoms with Gasteiger partial charge in [-0.3, -0.25) is 16.3 Å². The monoisotopic (exact) mass is 177 g/mol. The minimum atomic E-state index is 0.169. The van der Waals surface area contributed by atoms with Crippen LogP contribution < -0.4 is 11.3 Å².